The molecule has 0 aliphatic heterocycles. The van der Waals surface area contributed by atoms with Crippen LogP contribution in [0.5, 0.6) is 5.75 Å². The molecule has 1 N–H and O–H groups in total. The van der Waals surface area contributed by atoms with Crippen LogP contribution in [0.15, 0.2) is 4.47 Å². The third-order valence-electron chi connectivity index (χ3n) is 4.38. The van der Waals surface area contributed by atoms with Gasteiger partial charge in [-0.1, -0.05) is 0 Å². The lowest BCUT2D eigenvalue weighted by Gasteiger charge is -2.27. The zero-order valence-corrected chi connectivity index (χ0v) is 12.6. The van der Waals surface area contributed by atoms with Crippen molar-refractivity contribution in [2.75, 3.05) is 7.11 Å². The molecule has 0 saturated heterocycles. The van der Waals surface area contributed by atoms with Crippen molar-refractivity contribution in [1.29, 1.82) is 0 Å². The van der Waals surface area contributed by atoms with Crippen molar-refractivity contribution in [3.8, 4) is 5.75 Å². The monoisotopic (exact) mass is 310 g/mol. The Bertz CT molecular complexity index is 504. The molecule has 1 fully saturated rings. The van der Waals surface area contributed by atoms with Crippen molar-refractivity contribution in [1.82, 2.24) is 0 Å². The van der Waals surface area contributed by atoms with Crippen molar-refractivity contribution in [3.63, 3.8) is 0 Å². The molecule has 3 rings (SSSR count). The topological polar surface area (TPSA) is 29.5 Å². The largest absolute Gasteiger partial charge is 0.495 e. The average Bonchev–Trinajstić information content (AvgIpc) is 3.12. The van der Waals surface area contributed by atoms with Gasteiger partial charge in [-0.15, -0.1) is 0 Å². The van der Waals surface area contributed by atoms with E-state index >= 15 is 0 Å². The molecule has 3 heteroatoms. The molecule has 1 saturated carbocycles. The maximum Gasteiger partial charge on any atom is 0.139 e. The summed E-state index contributed by atoms with van der Waals surface area (Å²) < 4.78 is 6.65. The predicted octanol–water partition coefficient (Wildman–Crippen LogP) is 3.63. The number of aliphatic hydroxyl groups is 1. The summed E-state index contributed by atoms with van der Waals surface area (Å²) in [4.78, 5) is 0. The van der Waals surface area contributed by atoms with Gasteiger partial charge in [0.05, 0.1) is 17.2 Å². The van der Waals surface area contributed by atoms with E-state index in [0.717, 1.165) is 41.5 Å². The van der Waals surface area contributed by atoms with Gasteiger partial charge in [0, 0.05) is 5.56 Å². The molecule has 0 aromatic heterocycles. The van der Waals surface area contributed by atoms with E-state index in [1.54, 1.807) is 7.11 Å². The van der Waals surface area contributed by atoms with E-state index in [0.29, 0.717) is 0 Å². The molecule has 18 heavy (non-hydrogen) atoms. The third-order valence-corrected chi connectivity index (χ3v) is 5.22. The lowest BCUT2D eigenvalue weighted by Crippen LogP contribution is -2.16. The molecule has 0 spiro atoms. The Morgan fingerprint density at radius 1 is 1.17 bits per heavy atom. The third kappa shape index (κ3) is 1.71. The van der Waals surface area contributed by atoms with E-state index in [9.17, 15) is 5.11 Å². The van der Waals surface area contributed by atoms with Crippen molar-refractivity contribution in [3.05, 3.63) is 26.7 Å². The van der Waals surface area contributed by atoms with E-state index in [2.05, 4.69) is 22.9 Å². The van der Waals surface area contributed by atoms with Gasteiger partial charge in [-0.05, 0) is 78.1 Å². The predicted molar refractivity (Wildman–Crippen MR) is 75.2 cm³/mol. The highest BCUT2D eigenvalue weighted by Crippen LogP contribution is 2.54. The first-order valence-corrected chi connectivity index (χ1v) is 7.48. The van der Waals surface area contributed by atoms with E-state index in [4.69, 9.17) is 4.74 Å². The number of fused-ring (bicyclic) bond motifs is 1. The number of halogens is 1. The second kappa shape index (κ2) is 4.24. The Kier molecular flexibility index (Phi) is 2.94. The van der Waals surface area contributed by atoms with Crippen LogP contribution in [0, 0.1) is 6.92 Å². The maximum absolute atomic E-state index is 10.5. The number of methoxy groups -OCH3 is 1. The molecule has 0 atom stereocenters. The van der Waals surface area contributed by atoms with Crippen LogP contribution in [-0.4, -0.2) is 12.2 Å². The SMILES string of the molecule is COc1c(Br)c2c(c(C)c1C1(O)CC1)CCCC2. The molecular formula is C15H19BrO2. The summed E-state index contributed by atoms with van der Waals surface area (Å²) in [5, 5.41) is 10.5. The zero-order chi connectivity index (χ0) is 12.9. The molecule has 0 heterocycles. The summed E-state index contributed by atoms with van der Waals surface area (Å²) in [5.41, 5.74) is 4.47. The van der Waals surface area contributed by atoms with Crippen LogP contribution in [0.4, 0.5) is 0 Å². The van der Waals surface area contributed by atoms with Gasteiger partial charge in [0.15, 0.2) is 0 Å². The van der Waals surface area contributed by atoms with Crippen LogP contribution >= 0.6 is 15.9 Å². The van der Waals surface area contributed by atoms with Crippen LogP contribution in [0.3, 0.4) is 0 Å². The van der Waals surface area contributed by atoms with Gasteiger partial charge in [0.2, 0.25) is 0 Å². The highest BCUT2D eigenvalue weighted by Gasteiger charge is 2.46. The van der Waals surface area contributed by atoms with Crippen molar-refractivity contribution in [2.24, 2.45) is 0 Å². The normalized spacial score (nSPS) is 20.4. The van der Waals surface area contributed by atoms with Crippen molar-refractivity contribution < 1.29 is 9.84 Å². The molecule has 1 aromatic carbocycles. The highest BCUT2D eigenvalue weighted by molar-refractivity contribution is 9.10. The number of hydrogen-bond donors (Lipinski definition) is 1. The van der Waals surface area contributed by atoms with Crippen molar-refractivity contribution in [2.45, 2.75) is 51.0 Å². The Morgan fingerprint density at radius 3 is 2.33 bits per heavy atom. The second-order valence-electron chi connectivity index (χ2n) is 5.54. The molecule has 2 aliphatic carbocycles. The molecule has 0 amide bonds. The number of hydrogen-bond acceptors (Lipinski definition) is 2. The lowest BCUT2D eigenvalue weighted by atomic mass is 9.84. The summed E-state index contributed by atoms with van der Waals surface area (Å²) in [6.07, 6.45) is 6.46. The summed E-state index contributed by atoms with van der Waals surface area (Å²) in [6, 6.07) is 0. The average molecular weight is 311 g/mol. The first-order valence-electron chi connectivity index (χ1n) is 6.69. The van der Waals surface area contributed by atoms with Gasteiger partial charge in [-0.2, -0.15) is 0 Å². The summed E-state index contributed by atoms with van der Waals surface area (Å²) in [6.45, 7) is 2.14. The minimum atomic E-state index is -0.635. The van der Waals surface area contributed by atoms with E-state index in [1.165, 1.54) is 29.5 Å². The lowest BCUT2D eigenvalue weighted by molar-refractivity contribution is 0.146. The standard InChI is InChI=1S/C15H19BrO2/c1-9-10-5-3-4-6-11(10)13(16)14(18-2)12(9)15(17)7-8-15/h17H,3-8H2,1-2H3. The van der Waals surface area contributed by atoms with Gasteiger partial charge in [-0.3, -0.25) is 0 Å². The summed E-state index contributed by atoms with van der Waals surface area (Å²) in [7, 11) is 1.70. The molecule has 0 bridgehead atoms. The molecule has 0 radical (unpaired) electrons. The second-order valence-corrected chi connectivity index (χ2v) is 6.34. The smallest absolute Gasteiger partial charge is 0.139 e. The van der Waals surface area contributed by atoms with Gasteiger partial charge in [0.1, 0.15) is 5.75 Å². The fourth-order valence-corrected chi connectivity index (χ4v) is 4.05. The number of ether oxygens (including phenoxy) is 1. The summed E-state index contributed by atoms with van der Waals surface area (Å²) in [5.74, 6) is 0.855. The zero-order valence-electron chi connectivity index (χ0n) is 11.0. The fourth-order valence-electron chi connectivity index (χ4n) is 3.25. The number of rotatable bonds is 2. The Balaban J connectivity index is 2.27. The highest BCUT2D eigenvalue weighted by atomic mass is 79.9. The molecule has 0 unspecified atom stereocenters. The Hall–Kier alpha value is -0.540. The van der Waals surface area contributed by atoms with Crippen LogP contribution in [-0.2, 0) is 18.4 Å². The van der Waals surface area contributed by atoms with Gasteiger partial charge >= 0.3 is 0 Å². The fraction of sp³-hybridized carbons (Fsp3) is 0.600. The van der Waals surface area contributed by atoms with Gasteiger partial charge in [-0.25, -0.2) is 0 Å². The van der Waals surface area contributed by atoms with Crippen LogP contribution in [0.2, 0.25) is 0 Å². The van der Waals surface area contributed by atoms with E-state index < -0.39 is 5.60 Å². The van der Waals surface area contributed by atoms with Gasteiger partial charge < -0.3 is 9.84 Å². The van der Waals surface area contributed by atoms with E-state index in [1.807, 2.05) is 0 Å². The Labute approximate surface area is 116 Å². The van der Waals surface area contributed by atoms with Crippen LogP contribution in [0.25, 0.3) is 0 Å². The van der Waals surface area contributed by atoms with Crippen molar-refractivity contribution >= 4 is 15.9 Å². The van der Waals surface area contributed by atoms with Crippen LogP contribution < -0.4 is 4.74 Å². The first kappa shape index (κ1) is 12.5. The molecule has 98 valence electrons. The van der Waals surface area contributed by atoms with Gasteiger partial charge in [0.25, 0.3) is 0 Å². The molecular weight excluding hydrogens is 292 g/mol. The quantitative estimate of drug-likeness (QED) is 0.904. The Morgan fingerprint density at radius 2 is 1.78 bits per heavy atom. The van der Waals surface area contributed by atoms with E-state index in [-0.39, 0.29) is 0 Å². The van der Waals surface area contributed by atoms with Crippen LogP contribution in [0.1, 0.15) is 47.9 Å². The molecule has 2 aliphatic rings. The first-order chi connectivity index (χ1) is 8.58. The maximum atomic E-state index is 10.5. The molecule has 1 aromatic rings. The minimum Gasteiger partial charge on any atom is -0.495 e. The minimum absolute atomic E-state index is 0.635. The number of benzene rings is 1. The summed E-state index contributed by atoms with van der Waals surface area (Å²) >= 11 is 3.70. The molecule has 2 nitrogen and oxygen atoms in total.